The number of carbonyl (C=O) groups excluding carboxylic acids is 2. The van der Waals surface area contributed by atoms with Gasteiger partial charge < -0.3 is 5.32 Å². The first-order chi connectivity index (χ1) is 14.5. The lowest BCUT2D eigenvalue weighted by atomic mass is 10.2. The van der Waals surface area contributed by atoms with Crippen molar-refractivity contribution in [3.05, 3.63) is 68.2 Å². The second-order valence-electron chi connectivity index (χ2n) is 6.22. The molecule has 1 aliphatic rings. The molecule has 0 atom stereocenters. The predicted molar refractivity (Wildman–Crippen MR) is 123 cm³/mol. The third-order valence-electron chi connectivity index (χ3n) is 4.15. The minimum atomic E-state index is -0.354. The fourth-order valence-corrected chi connectivity index (χ4v) is 4.79. The van der Waals surface area contributed by atoms with Gasteiger partial charge in [0.1, 0.15) is 11.6 Å². The van der Waals surface area contributed by atoms with Gasteiger partial charge in [-0.3, -0.25) is 14.5 Å². The summed E-state index contributed by atoms with van der Waals surface area (Å²) in [6, 6.07) is 10.8. The Morgan fingerprint density at radius 3 is 2.80 bits per heavy atom. The van der Waals surface area contributed by atoms with E-state index in [0.29, 0.717) is 15.7 Å². The minimum absolute atomic E-state index is 0.113. The Labute approximate surface area is 190 Å². The first-order valence-electron chi connectivity index (χ1n) is 8.76. The van der Waals surface area contributed by atoms with Crippen LogP contribution in [0.1, 0.15) is 5.01 Å². The van der Waals surface area contributed by atoms with Crippen LogP contribution in [0.4, 0.5) is 5.69 Å². The van der Waals surface area contributed by atoms with E-state index in [2.05, 4.69) is 15.3 Å². The summed E-state index contributed by atoms with van der Waals surface area (Å²) in [6.07, 6.45) is 3.36. The number of hydrogen-bond acceptors (Lipinski definition) is 6. The predicted octanol–water partition coefficient (Wildman–Crippen LogP) is 5.02. The molecule has 1 saturated heterocycles. The molecule has 1 N–H and O–H groups in total. The van der Waals surface area contributed by atoms with Crippen molar-refractivity contribution >= 4 is 69.9 Å². The molecule has 1 aromatic carbocycles. The van der Waals surface area contributed by atoms with Crippen molar-refractivity contribution < 1.29 is 9.59 Å². The summed E-state index contributed by atoms with van der Waals surface area (Å²) in [5.74, 6) is -0.205. The Balaban J connectivity index is 1.49. The fourth-order valence-electron chi connectivity index (χ4n) is 2.73. The van der Waals surface area contributed by atoms with E-state index < -0.39 is 0 Å². The Morgan fingerprint density at radius 2 is 2.03 bits per heavy atom. The zero-order chi connectivity index (χ0) is 21.1. The van der Waals surface area contributed by atoms with Crippen LogP contribution in [0.15, 0.2) is 53.0 Å². The quantitative estimate of drug-likeness (QED) is 0.522. The van der Waals surface area contributed by atoms with E-state index in [1.807, 2.05) is 35.7 Å². The molecule has 30 heavy (non-hydrogen) atoms. The Kier molecular flexibility index (Phi) is 6.38. The summed E-state index contributed by atoms with van der Waals surface area (Å²) in [4.78, 5) is 34.7. The molecule has 152 valence electrons. The van der Waals surface area contributed by atoms with Gasteiger partial charge in [0.05, 0.1) is 22.2 Å². The fraction of sp³-hybridized carbons (Fsp3) is 0.100. The van der Waals surface area contributed by atoms with Crippen LogP contribution in [-0.4, -0.2) is 39.0 Å². The van der Waals surface area contributed by atoms with E-state index in [1.54, 1.807) is 12.1 Å². The highest BCUT2D eigenvalue weighted by Crippen LogP contribution is 2.32. The molecule has 3 heterocycles. The zero-order valence-electron chi connectivity index (χ0n) is 15.3. The van der Waals surface area contributed by atoms with Gasteiger partial charge in [-0.15, -0.1) is 11.3 Å². The maximum absolute atomic E-state index is 12.4. The van der Waals surface area contributed by atoms with E-state index in [4.69, 9.17) is 23.2 Å². The number of rotatable bonds is 5. The third-order valence-corrected chi connectivity index (χ3v) is 6.52. The number of amides is 2. The number of halogens is 2. The standard InChI is InChI=1S/C20H14Cl2N4O2S2/c21-13-5-3-12(4-6-13)15-10-29-17(25-15)8-19-26(18(28)11-30-19)9-16(27)24-14-2-1-7-23-20(14)22/h1-8,10H,9,11H2,(H,24,27)/b19-8+. The van der Waals surface area contributed by atoms with E-state index in [0.717, 1.165) is 16.3 Å². The summed E-state index contributed by atoms with van der Waals surface area (Å²) in [7, 11) is 0. The highest BCUT2D eigenvalue weighted by atomic mass is 35.5. The number of hydrogen-bond donors (Lipinski definition) is 1. The Bertz CT molecular complexity index is 1130. The molecule has 1 aliphatic heterocycles. The van der Waals surface area contributed by atoms with E-state index in [-0.39, 0.29) is 29.3 Å². The number of nitrogens with one attached hydrogen (secondary N) is 1. The van der Waals surface area contributed by atoms with Crippen LogP contribution in [0.25, 0.3) is 17.3 Å². The molecule has 0 spiro atoms. The molecule has 0 unspecified atom stereocenters. The van der Waals surface area contributed by atoms with Crippen LogP contribution in [0.3, 0.4) is 0 Å². The second kappa shape index (κ2) is 9.18. The van der Waals surface area contributed by atoms with Crippen molar-refractivity contribution in [2.75, 3.05) is 17.6 Å². The summed E-state index contributed by atoms with van der Waals surface area (Å²) in [5.41, 5.74) is 2.19. The van der Waals surface area contributed by atoms with Crippen molar-refractivity contribution in [3.63, 3.8) is 0 Å². The first-order valence-corrected chi connectivity index (χ1v) is 11.4. The van der Waals surface area contributed by atoms with Gasteiger partial charge in [0.25, 0.3) is 0 Å². The highest BCUT2D eigenvalue weighted by Gasteiger charge is 2.29. The van der Waals surface area contributed by atoms with Gasteiger partial charge in [0, 0.05) is 28.2 Å². The average Bonchev–Trinajstić information content (AvgIpc) is 3.33. The van der Waals surface area contributed by atoms with E-state index in [9.17, 15) is 9.59 Å². The van der Waals surface area contributed by atoms with E-state index >= 15 is 0 Å². The molecule has 4 rings (SSSR count). The van der Waals surface area contributed by atoms with Crippen LogP contribution >= 0.6 is 46.3 Å². The topological polar surface area (TPSA) is 75.2 Å². The molecule has 10 heteroatoms. The molecule has 0 bridgehead atoms. The molecule has 6 nitrogen and oxygen atoms in total. The smallest absolute Gasteiger partial charge is 0.244 e. The molecule has 2 aromatic heterocycles. The van der Waals surface area contributed by atoms with E-state index in [1.165, 1.54) is 34.2 Å². The number of thiazole rings is 1. The normalized spacial score (nSPS) is 15.1. The van der Waals surface area contributed by atoms with Gasteiger partial charge in [0.15, 0.2) is 5.15 Å². The maximum atomic E-state index is 12.4. The number of anilines is 1. The third kappa shape index (κ3) is 4.84. The summed E-state index contributed by atoms with van der Waals surface area (Å²) in [5, 5.41) is 6.92. The van der Waals surface area contributed by atoms with Crippen molar-refractivity contribution in [2.24, 2.45) is 0 Å². The number of carbonyl (C=O) groups is 2. The summed E-state index contributed by atoms with van der Waals surface area (Å²) in [6.45, 7) is -0.113. The van der Waals surface area contributed by atoms with Crippen LogP contribution in [-0.2, 0) is 9.59 Å². The van der Waals surface area contributed by atoms with Gasteiger partial charge in [-0.1, -0.05) is 47.1 Å². The summed E-state index contributed by atoms with van der Waals surface area (Å²) >= 11 is 14.8. The lowest BCUT2D eigenvalue weighted by Gasteiger charge is -2.16. The molecule has 2 amide bonds. The second-order valence-corrected chi connectivity index (χ2v) is 8.90. The number of nitrogens with zero attached hydrogens (tertiary/aromatic N) is 3. The lowest BCUT2D eigenvalue weighted by molar-refractivity contribution is -0.129. The largest absolute Gasteiger partial charge is 0.322 e. The van der Waals surface area contributed by atoms with Crippen LogP contribution < -0.4 is 5.32 Å². The van der Waals surface area contributed by atoms with Crippen LogP contribution in [0.2, 0.25) is 10.2 Å². The van der Waals surface area contributed by atoms with Crippen LogP contribution in [0, 0.1) is 0 Å². The van der Waals surface area contributed by atoms with Gasteiger partial charge >= 0.3 is 0 Å². The number of aromatic nitrogens is 2. The Hall–Kier alpha value is -2.39. The van der Waals surface area contributed by atoms with Crippen molar-refractivity contribution in [3.8, 4) is 11.3 Å². The molecule has 1 fully saturated rings. The van der Waals surface area contributed by atoms with Gasteiger partial charge in [0.2, 0.25) is 11.8 Å². The Morgan fingerprint density at radius 1 is 1.23 bits per heavy atom. The van der Waals surface area contributed by atoms with Gasteiger partial charge in [-0.25, -0.2) is 9.97 Å². The molecular formula is C20H14Cl2N4O2S2. The SMILES string of the molecule is O=C(CN1C(=O)CS/C1=C/c1nc(-c2ccc(Cl)cc2)cs1)Nc1cccnc1Cl. The molecule has 0 aliphatic carbocycles. The molecule has 3 aromatic rings. The summed E-state index contributed by atoms with van der Waals surface area (Å²) < 4.78 is 0. The van der Waals surface area contributed by atoms with Crippen LogP contribution in [0.5, 0.6) is 0 Å². The maximum Gasteiger partial charge on any atom is 0.244 e. The number of pyridine rings is 1. The van der Waals surface area contributed by atoms with Crippen molar-refractivity contribution in [1.82, 2.24) is 14.9 Å². The van der Waals surface area contributed by atoms with Crippen molar-refractivity contribution in [1.29, 1.82) is 0 Å². The molecule has 0 radical (unpaired) electrons. The lowest BCUT2D eigenvalue weighted by Crippen LogP contribution is -2.33. The first kappa shape index (κ1) is 20.9. The highest BCUT2D eigenvalue weighted by molar-refractivity contribution is 8.04. The minimum Gasteiger partial charge on any atom is -0.322 e. The monoisotopic (exact) mass is 476 g/mol. The van der Waals surface area contributed by atoms with Crippen molar-refractivity contribution in [2.45, 2.75) is 0 Å². The van der Waals surface area contributed by atoms with Gasteiger partial charge in [-0.2, -0.15) is 0 Å². The number of thioether (sulfide) groups is 1. The van der Waals surface area contributed by atoms with Gasteiger partial charge in [-0.05, 0) is 24.3 Å². The molecule has 0 saturated carbocycles. The zero-order valence-corrected chi connectivity index (χ0v) is 18.5. The average molecular weight is 477 g/mol. The number of benzene rings is 1. The molecular weight excluding hydrogens is 463 g/mol.